The molecule has 0 radical (unpaired) electrons. The maximum atomic E-state index is 11.4. The van der Waals surface area contributed by atoms with Crippen molar-refractivity contribution >= 4 is 5.97 Å². The van der Waals surface area contributed by atoms with Gasteiger partial charge in [0.15, 0.2) is 6.29 Å². The number of esters is 1. The van der Waals surface area contributed by atoms with Gasteiger partial charge in [0.25, 0.3) is 0 Å². The highest BCUT2D eigenvalue weighted by Gasteiger charge is 2.45. The number of ether oxygens (including phenoxy) is 4. The minimum atomic E-state index is -0.102. The van der Waals surface area contributed by atoms with Crippen LogP contribution in [0.1, 0.15) is 58.3 Å². The van der Waals surface area contributed by atoms with Crippen LogP contribution < -0.4 is 0 Å². The summed E-state index contributed by atoms with van der Waals surface area (Å²) in [5, 5.41) is 0. The average Bonchev–Trinajstić information content (AvgIpc) is 3.31. The molecule has 0 amide bonds. The van der Waals surface area contributed by atoms with Gasteiger partial charge < -0.3 is 18.9 Å². The van der Waals surface area contributed by atoms with E-state index >= 15 is 0 Å². The van der Waals surface area contributed by atoms with Crippen molar-refractivity contribution in [3.63, 3.8) is 0 Å². The molecule has 22 heavy (non-hydrogen) atoms. The van der Waals surface area contributed by atoms with E-state index in [0.717, 1.165) is 64.8 Å². The minimum absolute atomic E-state index is 0.0103. The summed E-state index contributed by atoms with van der Waals surface area (Å²) in [7, 11) is 0. The van der Waals surface area contributed by atoms with Gasteiger partial charge in [-0.3, -0.25) is 4.79 Å². The number of unbranched alkanes of at least 4 members (excludes halogenated alkanes) is 3. The van der Waals surface area contributed by atoms with Crippen molar-refractivity contribution < 1.29 is 23.7 Å². The van der Waals surface area contributed by atoms with Crippen LogP contribution in [-0.2, 0) is 23.7 Å². The second-order valence-corrected chi connectivity index (χ2v) is 6.08. The molecular formula is C17H30O5. The molecule has 2 fully saturated rings. The van der Waals surface area contributed by atoms with Crippen LogP contribution in [0.2, 0.25) is 0 Å². The van der Waals surface area contributed by atoms with Crippen molar-refractivity contribution in [1.29, 1.82) is 0 Å². The number of rotatable bonds is 11. The van der Waals surface area contributed by atoms with Crippen molar-refractivity contribution in [2.24, 2.45) is 5.92 Å². The zero-order chi connectivity index (χ0) is 15.6. The molecule has 1 aliphatic heterocycles. The van der Waals surface area contributed by atoms with Crippen LogP contribution in [0, 0.1) is 5.92 Å². The molecule has 3 unspecified atom stereocenters. The fourth-order valence-electron chi connectivity index (χ4n) is 2.70. The van der Waals surface area contributed by atoms with E-state index in [1.807, 2.05) is 6.92 Å². The molecule has 128 valence electrons. The van der Waals surface area contributed by atoms with E-state index in [1.165, 1.54) is 6.42 Å². The first-order valence-electron chi connectivity index (χ1n) is 8.82. The quantitative estimate of drug-likeness (QED) is 0.433. The van der Waals surface area contributed by atoms with Gasteiger partial charge in [-0.05, 0) is 45.4 Å². The maximum absolute atomic E-state index is 11.4. The Kier molecular flexibility index (Phi) is 8.20. The fraction of sp³-hybridized carbons (Fsp3) is 0.941. The zero-order valence-electron chi connectivity index (χ0n) is 13.8. The lowest BCUT2D eigenvalue weighted by molar-refractivity contribution is -0.162. The average molecular weight is 314 g/mol. The predicted molar refractivity (Wildman–Crippen MR) is 82.5 cm³/mol. The van der Waals surface area contributed by atoms with E-state index in [-0.39, 0.29) is 24.3 Å². The molecule has 0 aromatic rings. The van der Waals surface area contributed by atoms with Crippen LogP contribution in [0.25, 0.3) is 0 Å². The highest BCUT2D eigenvalue weighted by Crippen LogP contribution is 2.35. The standard InChI is InChI=1S/C17H30O5/c1-2-19-17(18)14-13-15(14)20-10-6-3-4-7-11-21-16-9-5-8-12-22-16/h14-16H,2-13H2,1H3. The van der Waals surface area contributed by atoms with Crippen LogP contribution in [0.3, 0.4) is 0 Å². The van der Waals surface area contributed by atoms with Crippen molar-refractivity contribution in [3.05, 3.63) is 0 Å². The van der Waals surface area contributed by atoms with E-state index in [0.29, 0.717) is 6.61 Å². The summed E-state index contributed by atoms with van der Waals surface area (Å²) >= 11 is 0. The fourth-order valence-corrected chi connectivity index (χ4v) is 2.70. The summed E-state index contributed by atoms with van der Waals surface area (Å²) in [5.74, 6) is -0.113. The highest BCUT2D eigenvalue weighted by molar-refractivity contribution is 5.76. The maximum Gasteiger partial charge on any atom is 0.311 e. The Hall–Kier alpha value is -0.650. The summed E-state index contributed by atoms with van der Waals surface area (Å²) < 4.78 is 21.9. The molecule has 1 aliphatic carbocycles. The van der Waals surface area contributed by atoms with Gasteiger partial charge in [0.1, 0.15) is 0 Å². The molecule has 2 rings (SSSR count). The Morgan fingerprint density at radius 1 is 1.09 bits per heavy atom. The molecule has 0 bridgehead atoms. The van der Waals surface area contributed by atoms with Gasteiger partial charge in [0.05, 0.1) is 18.6 Å². The summed E-state index contributed by atoms with van der Waals surface area (Å²) in [6.45, 7) is 4.67. The molecule has 0 aromatic carbocycles. The predicted octanol–water partition coefficient (Wildman–Crippen LogP) is 3.06. The third kappa shape index (κ3) is 6.63. The van der Waals surface area contributed by atoms with Crippen LogP contribution in [-0.4, -0.2) is 44.8 Å². The molecule has 1 heterocycles. The molecule has 1 saturated heterocycles. The molecule has 0 aromatic heterocycles. The van der Waals surface area contributed by atoms with Crippen molar-refractivity contribution in [2.75, 3.05) is 26.4 Å². The Bertz CT molecular complexity index is 314. The SMILES string of the molecule is CCOC(=O)C1CC1OCCCCCCOC1CCCCO1. The summed E-state index contributed by atoms with van der Waals surface area (Å²) in [5.41, 5.74) is 0. The topological polar surface area (TPSA) is 54.0 Å². The van der Waals surface area contributed by atoms with Crippen LogP contribution >= 0.6 is 0 Å². The molecule has 0 N–H and O–H groups in total. The lowest BCUT2D eigenvalue weighted by Crippen LogP contribution is -2.22. The Labute approximate surface area is 133 Å². The van der Waals surface area contributed by atoms with Crippen LogP contribution in [0.5, 0.6) is 0 Å². The van der Waals surface area contributed by atoms with E-state index in [4.69, 9.17) is 18.9 Å². The minimum Gasteiger partial charge on any atom is -0.466 e. The second kappa shape index (κ2) is 10.2. The highest BCUT2D eigenvalue weighted by atomic mass is 16.7. The first-order valence-corrected chi connectivity index (χ1v) is 8.82. The van der Waals surface area contributed by atoms with Gasteiger partial charge in [-0.2, -0.15) is 0 Å². The van der Waals surface area contributed by atoms with Gasteiger partial charge in [-0.1, -0.05) is 12.8 Å². The molecule has 3 atom stereocenters. The third-order valence-corrected chi connectivity index (χ3v) is 4.13. The Balaban J connectivity index is 1.34. The lowest BCUT2D eigenvalue weighted by Gasteiger charge is -2.22. The molecule has 1 saturated carbocycles. The number of carbonyl (C=O) groups is 1. The van der Waals surface area contributed by atoms with Gasteiger partial charge in [0.2, 0.25) is 0 Å². The largest absolute Gasteiger partial charge is 0.466 e. The number of carbonyl (C=O) groups excluding carboxylic acids is 1. The first-order chi connectivity index (χ1) is 10.8. The summed E-state index contributed by atoms with van der Waals surface area (Å²) in [6, 6.07) is 0. The molecule has 5 nitrogen and oxygen atoms in total. The number of hydrogen-bond donors (Lipinski definition) is 0. The van der Waals surface area contributed by atoms with Crippen LogP contribution in [0.15, 0.2) is 0 Å². The monoisotopic (exact) mass is 314 g/mol. The second-order valence-electron chi connectivity index (χ2n) is 6.08. The van der Waals surface area contributed by atoms with E-state index in [9.17, 15) is 4.79 Å². The van der Waals surface area contributed by atoms with E-state index < -0.39 is 0 Å². The third-order valence-electron chi connectivity index (χ3n) is 4.13. The molecular weight excluding hydrogens is 284 g/mol. The van der Waals surface area contributed by atoms with Gasteiger partial charge in [0, 0.05) is 19.8 Å². The molecule has 2 aliphatic rings. The van der Waals surface area contributed by atoms with Gasteiger partial charge >= 0.3 is 5.97 Å². The van der Waals surface area contributed by atoms with Crippen molar-refractivity contribution in [3.8, 4) is 0 Å². The molecule has 5 heteroatoms. The molecule has 0 spiro atoms. The first kappa shape index (κ1) is 17.7. The summed E-state index contributed by atoms with van der Waals surface area (Å²) in [4.78, 5) is 11.4. The van der Waals surface area contributed by atoms with Crippen molar-refractivity contribution in [2.45, 2.75) is 70.7 Å². The van der Waals surface area contributed by atoms with E-state index in [2.05, 4.69) is 0 Å². The summed E-state index contributed by atoms with van der Waals surface area (Å²) in [6.07, 6.45) is 8.81. The van der Waals surface area contributed by atoms with Crippen LogP contribution in [0.4, 0.5) is 0 Å². The van der Waals surface area contributed by atoms with Gasteiger partial charge in [-0.15, -0.1) is 0 Å². The smallest absolute Gasteiger partial charge is 0.311 e. The normalized spacial score (nSPS) is 27.6. The lowest BCUT2D eigenvalue weighted by atomic mass is 10.2. The Morgan fingerprint density at radius 3 is 2.55 bits per heavy atom. The Morgan fingerprint density at radius 2 is 1.86 bits per heavy atom. The number of hydrogen-bond acceptors (Lipinski definition) is 5. The van der Waals surface area contributed by atoms with Gasteiger partial charge in [-0.25, -0.2) is 0 Å². The van der Waals surface area contributed by atoms with Crippen molar-refractivity contribution in [1.82, 2.24) is 0 Å². The zero-order valence-corrected chi connectivity index (χ0v) is 13.8. The van der Waals surface area contributed by atoms with E-state index in [1.54, 1.807) is 0 Å².